The molecule has 3 fully saturated rings. The van der Waals surface area contributed by atoms with Gasteiger partial charge in [0.2, 0.25) is 11.8 Å². The number of fused-ring (bicyclic) bond motifs is 2. The number of carbonyl (C=O) groups is 3. The fraction of sp³-hybridized carbons (Fsp3) is 0.425. The van der Waals surface area contributed by atoms with Crippen molar-refractivity contribution in [2.75, 3.05) is 25.0 Å². The first kappa shape index (κ1) is 38.9. The number of imidazole rings is 1. The van der Waals surface area contributed by atoms with Gasteiger partial charge in [-0.3, -0.25) is 38.4 Å². The quantitative estimate of drug-likeness (QED) is 0.148. The molecule has 5 aromatic rings. The molecule has 13 nitrogen and oxygen atoms in total. The Balaban J connectivity index is 0.910. The molecule has 2 N–H and O–H groups in total. The number of anilines is 1. The summed E-state index contributed by atoms with van der Waals surface area (Å²) in [5, 5.41) is 19.8. The maximum Gasteiger partial charge on any atom is 0.433 e. The summed E-state index contributed by atoms with van der Waals surface area (Å²) in [7, 11) is 1.51. The predicted octanol–water partition coefficient (Wildman–Crippen LogP) is 6.06. The molecule has 3 aliphatic rings. The standard InChI is InChI=1S/C40H38F5N9O4/c1-51-35-26(4-2-6-31(35)54(38(51)58)32-12-13-34(55)49-37(32)57)27-14-15-52(21-39(27,41)42)19-22-8-10-25(11-9-22)53-20-24-17-29(23(18-46)16-30(24)50-53)48-36(56)28-5-3-7-33(47-28)40(43,44)45/h2-7,16-17,20,22,25,27,32H,8-15,19,21H2,1H3,(H,48,56)(H,49,55,57). The normalized spacial score (nSPS) is 22.8. The van der Waals surface area contributed by atoms with E-state index in [9.17, 15) is 37.6 Å². The Morgan fingerprint density at radius 2 is 1.79 bits per heavy atom. The summed E-state index contributed by atoms with van der Waals surface area (Å²) >= 11 is 0. The van der Waals surface area contributed by atoms with Crippen LogP contribution in [-0.2, 0) is 22.8 Å². The Labute approximate surface area is 327 Å². The molecule has 18 heteroatoms. The van der Waals surface area contributed by atoms with E-state index in [-0.39, 0.29) is 42.5 Å². The van der Waals surface area contributed by atoms with E-state index in [4.69, 9.17) is 0 Å². The Morgan fingerprint density at radius 3 is 2.50 bits per heavy atom. The van der Waals surface area contributed by atoms with Crippen molar-refractivity contribution < 1.29 is 36.3 Å². The van der Waals surface area contributed by atoms with E-state index in [1.165, 1.54) is 22.2 Å². The zero-order valence-corrected chi connectivity index (χ0v) is 31.2. The SMILES string of the molecule is Cn1c(=O)n(C2CCC(=O)NC2=O)c2cccc(C3CCN(CC4CCC(n5cc6cc(NC(=O)c7cccc(C(F)(F)F)n7)c(C#N)cc6n5)CC4)CC3(F)F)c21. The summed E-state index contributed by atoms with van der Waals surface area (Å²) < 4.78 is 76.1. The number of imide groups is 1. The van der Waals surface area contributed by atoms with E-state index in [2.05, 4.69) is 20.7 Å². The van der Waals surface area contributed by atoms with Crippen molar-refractivity contribution in [1.82, 2.24) is 34.1 Å². The number of hydrogen-bond donors (Lipinski definition) is 2. The molecule has 1 aliphatic carbocycles. The highest BCUT2D eigenvalue weighted by molar-refractivity contribution is 6.05. The molecule has 0 bridgehead atoms. The van der Waals surface area contributed by atoms with Crippen molar-refractivity contribution >= 4 is 45.3 Å². The van der Waals surface area contributed by atoms with Crippen molar-refractivity contribution in [3.63, 3.8) is 0 Å². The van der Waals surface area contributed by atoms with Gasteiger partial charge in [0.1, 0.15) is 23.5 Å². The third kappa shape index (κ3) is 7.23. The minimum Gasteiger partial charge on any atom is -0.319 e. The maximum atomic E-state index is 16.1. The number of nitrogens with one attached hydrogen (secondary N) is 2. The van der Waals surface area contributed by atoms with E-state index < -0.39 is 65.4 Å². The smallest absolute Gasteiger partial charge is 0.319 e. The van der Waals surface area contributed by atoms with E-state index in [1.54, 1.807) is 30.5 Å². The molecule has 2 atom stereocenters. The van der Waals surface area contributed by atoms with Crippen LogP contribution in [0.3, 0.4) is 0 Å². The first-order valence-corrected chi connectivity index (χ1v) is 19.0. The highest BCUT2D eigenvalue weighted by atomic mass is 19.4. The average molecular weight is 804 g/mol. The minimum absolute atomic E-state index is 0.00771. The molecule has 3 aromatic heterocycles. The summed E-state index contributed by atoms with van der Waals surface area (Å²) in [6.45, 7) is 0.497. The number of para-hydroxylation sites is 1. The second kappa shape index (κ2) is 14.8. The van der Waals surface area contributed by atoms with E-state index >= 15 is 8.78 Å². The number of carbonyl (C=O) groups excluding carboxylic acids is 3. The van der Waals surface area contributed by atoms with Crippen LogP contribution in [0.25, 0.3) is 21.9 Å². The predicted molar refractivity (Wildman–Crippen MR) is 200 cm³/mol. The molecule has 302 valence electrons. The number of likely N-dealkylation sites (tertiary alicyclic amines) is 1. The van der Waals surface area contributed by atoms with Crippen molar-refractivity contribution in [3.8, 4) is 6.07 Å². The maximum absolute atomic E-state index is 16.1. The molecule has 5 heterocycles. The highest BCUT2D eigenvalue weighted by Gasteiger charge is 2.47. The number of benzene rings is 2. The minimum atomic E-state index is -4.73. The van der Waals surface area contributed by atoms with Crippen LogP contribution >= 0.6 is 0 Å². The number of piperidine rings is 2. The second-order valence-electron chi connectivity index (χ2n) is 15.4. The number of halogens is 5. The topological polar surface area (TPSA) is 160 Å². The van der Waals surface area contributed by atoms with Crippen LogP contribution in [-0.4, -0.2) is 72.1 Å². The molecule has 58 heavy (non-hydrogen) atoms. The van der Waals surface area contributed by atoms with Crippen molar-refractivity contribution in [1.29, 1.82) is 5.26 Å². The lowest BCUT2D eigenvalue weighted by Gasteiger charge is -2.41. The number of nitriles is 1. The van der Waals surface area contributed by atoms with Crippen LogP contribution in [0.1, 0.15) is 90.3 Å². The zero-order valence-electron chi connectivity index (χ0n) is 31.2. The lowest BCUT2D eigenvalue weighted by atomic mass is 9.83. The van der Waals surface area contributed by atoms with Gasteiger partial charge in [-0.25, -0.2) is 18.6 Å². The molecule has 8 rings (SSSR count). The van der Waals surface area contributed by atoms with Crippen LogP contribution in [0.2, 0.25) is 0 Å². The lowest BCUT2D eigenvalue weighted by Crippen LogP contribution is -2.49. The van der Waals surface area contributed by atoms with Crippen molar-refractivity contribution in [2.45, 2.75) is 75.0 Å². The van der Waals surface area contributed by atoms with Gasteiger partial charge in [0, 0.05) is 31.6 Å². The number of nitrogens with zero attached hydrogens (tertiary/aromatic N) is 7. The van der Waals surface area contributed by atoms with Crippen molar-refractivity contribution in [2.24, 2.45) is 13.0 Å². The fourth-order valence-corrected chi connectivity index (χ4v) is 8.87. The number of pyridine rings is 1. The van der Waals surface area contributed by atoms with E-state index in [0.29, 0.717) is 40.6 Å². The number of hydrogen-bond acceptors (Lipinski definition) is 8. The molecular weight excluding hydrogens is 765 g/mol. The van der Waals surface area contributed by atoms with Crippen molar-refractivity contribution in [3.05, 3.63) is 87.7 Å². The molecule has 1 saturated carbocycles. The second-order valence-corrected chi connectivity index (χ2v) is 15.4. The Kier molecular flexibility index (Phi) is 9.90. The summed E-state index contributed by atoms with van der Waals surface area (Å²) in [5.41, 5.74) is -0.400. The van der Waals surface area contributed by atoms with Gasteiger partial charge >= 0.3 is 11.9 Å². The largest absolute Gasteiger partial charge is 0.433 e. The molecular formula is C40H38F5N9O4. The molecule has 0 spiro atoms. The molecule has 2 unspecified atom stereocenters. The van der Waals surface area contributed by atoms with Gasteiger partial charge in [-0.2, -0.15) is 23.5 Å². The van der Waals surface area contributed by atoms with Crippen LogP contribution in [0.4, 0.5) is 27.6 Å². The average Bonchev–Trinajstić information content (AvgIpc) is 3.71. The molecule has 2 aliphatic heterocycles. The Morgan fingerprint density at radius 1 is 1.03 bits per heavy atom. The summed E-state index contributed by atoms with van der Waals surface area (Å²) in [6, 6.07) is 12.0. The first-order chi connectivity index (χ1) is 27.6. The Bertz CT molecular complexity index is 2560. The van der Waals surface area contributed by atoms with Gasteiger partial charge in [-0.05, 0) is 86.9 Å². The van der Waals surface area contributed by atoms with Gasteiger partial charge in [0.25, 0.3) is 11.8 Å². The molecule has 2 aromatic carbocycles. The zero-order chi connectivity index (χ0) is 41.1. The third-order valence-electron chi connectivity index (χ3n) is 11.7. The number of aromatic nitrogens is 5. The van der Waals surface area contributed by atoms with E-state index in [1.807, 2.05) is 15.7 Å². The van der Waals surface area contributed by atoms with E-state index in [0.717, 1.165) is 43.9 Å². The molecule has 3 amide bonds. The van der Waals surface area contributed by atoms with Gasteiger partial charge in [0.05, 0.1) is 46.3 Å². The number of amides is 3. The monoisotopic (exact) mass is 803 g/mol. The number of rotatable bonds is 7. The van der Waals surface area contributed by atoms with Gasteiger partial charge in [0.15, 0.2) is 0 Å². The van der Waals surface area contributed by atoms with Gasteiger partial charge < -0.3 is 5.32 Å². The van der Waals surface area contributed by atoms with Gasteiger partial charge in [-0.1, -0.05) is 18.2 Å². The highest BCUT2D eigenvalue weighted by Crippen LogP contribution is 2.44. The molecule has 2 saturated heterocycles. The fourth-order valence-electron chi connectivity index (χ4n) is 8.87. The molecule has 0 radical (unpaired) electrons. The lowest BCUT2D eigenvalue weighted by molar-refractivity contribution is -0.141. The number of alkyl halides is 5. The first-order valence-electron chi connectivity index (χ1n) is 19.0. The number of aryl methyl sites for hydroxylation is 1. The van der Waals surface area contributed by atoms with Crippen LogP contribution in [0.5, 0.6) is 0 Å². The van der Waals surface area contributed by atoms with Gasteiger partial charge in [-0.15, -0.1) is 0 Å². The summed E-state index contributed by atoms with van der Waals surface area (Å²) in [5.74, 6) is -5.98. The summed E-state index contributed by atoms with van der Waals surface area (Å²) in [4.78, 5) is 55.9. The van der Waals surface area contributed by atoms with Crippen LogP contribution in [0.15, 0.2) is 59.5 Å². The van der Waals surface area contributed by atoms with Crippen LogP contribution in [0, 0.1) is 17.2 Å². The summed E-state index contributed by atoms with van der Waals surface area (Å²) in [6.07, 6.45) is 0.469. The van der Waals surface area contributed by atoms with Crippen LogP contribution < -0.4 is 16.3 Å². The Hall–Kier alpha value is -5.96. The third-order valence-corrected chi connectivity index (χ3v) is 11.7.